The van der Waals surface area contributed by atoms with E-state index < -0.39 is 5.97 Å². The molecule has 0 aliphatic rings. The summed E-state index contributed by atoms with van der Waals surface area (Å²) in [6.45, 7) is 3.64. The van der Waals surface area contributed by atoms with Crippen LogP contribution in [-0.2, 0) is 0 Å². The molecule has 0 radical (unpaired) electrons. The summed E-state index contributed by atoms with van der Waals surface area (Å²) in [6, 6.07) is 13.1. The lowest BCUT2D eigenvalue weighted by Gasteiger charge is -2.07. The highest BCUT2D eigenvalue weighted by atomic mass is 16.4. The van der Waals surface area contributed by atoms with Crippen molar-refractivity contribution in [2.75, 3.05) is 0 Å². The fourth-order valence-electron chi connectivity index (χ4n) is 2.79. The van der Waals surface area contributed by atoms with Crippen LogP contribution < -0.4 is 0 Å². The van der Waals surface area contributed by atoms with E-state index >= 15 is 0 Å². The number of fused-ring (bicyclic) bond motifs is 1. The first-order chi connectivity index (χ1) is 11.0. The number of hydrogen-bond acceptors (Lipinski definition) is 2. The lowest BCUT2D eigenvalue weighted by Crippen LogP contribution is -2.06. The van der Waals surface area contributed by atoms with Crippen molar-refractivity contribution in [2.24, 2.45) is 0 Å². The molecule has 1 N–H and O–H groups in total. The molecule has 116 valence electrons. The Bertz CT molecular complexity index is 922. The predicted octanol–water partition coefficient (Wildman–Crippen LogP) is 4.37. The summed E-state index contributed by atoms with van der Waals surface area (Å²) in [6.07, 6.45) is 2.25. The standard InChI is InChI=1S/C19H17NO3/c1-3-18(21)20-9-8-15-11-14(5-7-17(15)20)13-4-6-16(19(22)23)12(2)10-13/h4-11H,3H2,1-2H3,(H,22,23). The van der Waals surface area contributed by atoms with Gasteiger partial charge in [-0.25, -0.2) is 4.79 Å². The first-order valence-corrected chi connectivity index (χ1v) is 7.50. The van der Waals surface area contributed by atoms with Crippen LogP contribution in [0.25, 0.3) is 22.0 Å². The summed E-state index contributed by atoms with van der Waals surface area (Å²) in [5.74, 6) is -0.853. The summed E-state index contributed by atoms with van der Waals surface area (Å²) >= 11 is 0. The molecule has 0 amide bonds. The number of aryl methyl sites for hydroxylation is 1. The van der Waals surface area contributed by atoms with E-state index in [1.165, 1.54) is 0 Å². The van der Waals surface area contributed by atoms with Gasteiger partial charge in [-0.05, 0) is 47.9 Å². The van der Waals surface area contributed by atoms with Crippen molar-refractivity contribution in [1.82, 2.24) is 4.57 Å². The van der Waals surface area contributed by atoms with Crippen LogP contribution >= 0.6 is 0 Å². The molecule has 3 aromatic rings. The third-order valence-corrected chi connectivity index (χ3v) is 4.05. The number of hydrogen-bond donors (Lipinski definition) is 1. The molecular weight excluding hydrogens is 290 g/mol. The molecule has 0 spiro atoms. The average Bonchev–Trinajstić information content (AvgIpc) is 2.96. The Balaban J connectivity index is 2.06. The molecule has 0 saturated carbocycles. The average molecular weight is 307 g/mol. The van der Waals surface area contributed by atoms with Gasteiger partial charge in [-0.1, -0.05) is 25.1 Å². The van der Waals surface area contributed by atoms with Crippen molar-refractivity contribution in [2.45, 2.75) is 20.3 Å². The van der Waals surface area contributed by atoms with Crippen LogP contribution in [0.4, 0.5) is 0 Å². The lowest BCUT2D eigenvalue weighted by atomic mass is 9.99. The van der Waals surface area contributed by atoms with Gasteiger partial charge in [0.1, 0.15) is 0 Å². The molecule has 0 saturated heterocycles. The van der Waals surface area contributed by atoms with Crippen LogP contribution in [0.5, 0.6) is 0 Å². The van der Waals surface area contributed by atoms with E-state index in [1.807, 2.05) is 43.3 Å². The zero-order chi connectivity index (χ0) is 16.6. The van der Waals surface area contributed by atoms with E-state index in [2.05, 4.69) is 0 Å². The molecule has 1 aromatic heterocycles. The highest BCUT2D eigenvalue weighted by Crippen LogP contribution is 2.27. The van der Waals surface area contributed by atoms with Gasteiger partial charge in [0.05, 0.1) is 11.1 Å². The van der Waals surface area contributed by atoms with Crippen LogP contribution in [0.2, 0.25) is 0 Å². The van der Waals surface area contributed by atoms with Gasteiger partial charge in [0.25, 0.3) is 0 Å². The van der Waals surface area contributed by atoms with Crippen LogP contribution in [0.15, 0.2) is 48.7 Å². The van der Waals surface area contributed by atoms with Gasteiger partial charge in [0.2, 0.25) is 5.91 Å². The molecule has 2 aromatic carbocycles. The highest BCUT2D eigenvalue weighted by Gasteiger charge is 2.10. The van der Waals surface area contributed by atoms with E-state index in [0.717, 1.165) is 27.6 Å². The molecule has 0 fully saturated rings. The minimum atomic E-state index is -0.917. The van der Waals surface area contributed by atoms with Gasteiger partial charge in [-0.15, -0.1) is 0 Å². The molecule has 1 heterocycles. The Hall–Kier alpha value is -2.88. The van der Waals surface area contributed by atoms with Gasteiger partial charge < -0.3 is 5.11 Å². The smallest absolute Gasteiger partial charge is 0.335 e. The van der Waals surface area contributed by atoms with Crippen LogP contribution in [0.3, 0.4) is 0 Å². The molecule has 4 nitrogen and oxygen atoms in total. The number of nitrogens with zero attached hydrogens (tertiary/aromatic N) is 1. The van der Waals surface area contributed by atoms with E-state index in [-0.39, 0.29) is 5.91 Å². The van der Waals surface area contributed by atoms with Crippen molar-refractivity contribution < 1.29 is 14.7 Å². The van der Waals surface area contributed by atoms with E-state index in [9.17, 15) is 9.59 Å². The SMILES string of the molecule is CCC(=O)n1ccc2cc(-c3ccc(C(=O)O)c(C)c3)ccc21. The molecule has 0 unspecified atom stereocenters. The second-order valence-electron chi connectivity index (χ2n) is 5.54. The van der Waals surface area contributed by atoms with E-state index in [0.29, 0.717) is 12.0 Å². The summed E-state index contributed by atoms with van der Waals surface area (Å²) in [5, 5.41) is 10.1. The van der Waals surface area contributed by atoms with Crippen LogP contribution in [0.1, 0.15) is 34.1 Å². The largest absolute Gasteiger partial charge is 0.478 e. The molecular formula is C19H17NO3. The normalized spacial score (nSPS) is 10.9. The number of carbonyl (C=O) groups excluding carboxylic acids is 1. The van der Waals surface area contributed by atoms with Crippen molar-refractivity contribution in [1.29, 1.82) is 0 Å². The fraction of sp³-hybridized carbons (Fsp3) is 0.158. The second kappa shape index (κ2) is 5.72. The Morgan fingerprint density at radius 1 is 1.04 bits per heavy atom. The van der Waals surface area contributed by atoms with E-state index in [4.69, 9.17) is 5.11 Å². The van der Waals surface area contributed by atoms with Crippen molar-refractivity contribution in [3.63, 3.8) is 0 Å². The maximum atomic E-state index is 11.9. The van der Waals surface area contributed by atoms with Gasteiger partial charge in [0, 0.05) is 18.0 Å². The Morgan fingerprint density at radius 3 is 2.39 bits per heavy atom. The first-order valence-electron chi connectivity index (χ1n) is 7.50. The lowest BCUT2D eigenvalue weighted by molar-refractivity contribution is 0.0695. The first kappa shape index (κ1) is 15.0. The monoisotopic (exact) mass is 307 g/mol. The molecule has 23 heavy (non-hydrogen) atoms. The third kappa shape index (κ3) is 2.63. The van der Waals surface area contributed by atoms with Crippen molar-refractivity contribution in [3.8, 4) is 11.1 Å². The number of aromatic nitrogens is 1. The zero-order valence-corrected chi connectivity index (χ0v) is 13.0. The third-order valence-electron chi connectivity index (χ3n) is 4.05. The Kier molecular flexibility index (Phi) is 3.74. The topological polar surface area (TPSA) is 59.3 Å². The number of rotatable bonds is 3. The summed E-state index contributed by atoms with van der Waals surface area (Å²) < 4.78 is 1.66. The molecule has 0 atom stereocenters. The number of carboxylic acids is 1. The number of carboxylic acid groups (broad SMARTS) is 1. The maximum Gasteiger partial charge on any atom is 0.335 e. The number of carbonyl (C=O) groups is 2. The van der Waals surface area contributed by atoms with Crippen LogP contribution in [0, 0.1) is 6.92 Å². The summed E-state index contributed by atoms with van der Waals surface area (Å²) in [5.41, 5.74) is 3.89. The molecule has 0 bridgehead atoms. The van der Waals surface area contributed by atoms with Crippen molar-refractivity contribution in [3.05, 3.63) is 59.8 Å². The minimum absolute atomic E-state index is 0.0643. The Labute approximate surface area is 134 Å². The highest BCUT2D eigenvalue weighted by molar-refractivity contribution is 5.95. The quantitative estimate of drug-likeness (QED) is 0.782. The van der Waals surface area contributed by atoms with Gasteiger partial charge in [-0.2, -0.15) is 0 Å². The summed E-state index contributed by atoms with van der Waals surface area (Å²) in [7, 11) is 0. The minimum Gasteiger partial charge on any atom is -0.478 e. The Morgan fingerprint density at radius 2 is 1.74 bits per heavy atom. The molecule has 3 rings (SSSR count). The number of benzene rings is 2. The van der Waals surface area contributed by atoms with Gasteiger partial charge in [0.15, 0.2) is 0 Å². The molecule has 0 aliphatic heterocycles. The number of aromatic carboxylic acids is 1. The van der Waals surface area contributed by atoms with E-state index in [1.54, 1.807) is 23.8 Å². The molecule has 4 heteroatoms. The maximum absolute atomic E-state index is 11.9. The summed E-state index contributed by atoms with van der Waals surface area (Å²) in [4.78, 5) is 23.0. The van der Waals surface area contributed by atoms with Crippen LogP contribution in [-0.4, -0.2) is 21.6 Å². The van der Waals surface area contributed by atoms with Gasteiger partial charge >= 0.3 is 5.97 Å². The predicted molar refractivity (Wildman–Crippen MR) is 90.0 cm³/mol. The fourth-order valence-corrected chi connectivity index (χ4v) is 2.79. The second-order valence-corrected chi connectivity index (χ2v) is 5.54. The molecule has 0 aliphatic carbocycles. The van der Waals surface area contributed by atoms with Crippen molar-refractivity contribution >= 4 is 22.8 Å². The van der Waals surface area contributed by atoms with Gasteiger partial charge in [-0.3, -0.25) is 9.36 Å². The zero-order valence-electron chi connectivity index (χ0n) is 13.0.